The zero-order valence-corrected chi connectivity index (χ0v) is 15.4. The summed E-state index contributed by atoms with van der Waals surface area (Å²) in [6.45, 7) is 3.10. The Balaban J connectivity index is 1.49. The van der Waals surface area contributed by atoms with Gasteiger partial charge in [-0.05, 0) is 44.2 Å². The van der Waals surface area contributed by atoms with Crippen LogP contribution in [-0.4, -0.2) is 46.3 Å². The third-order valence-electron chi connectivity index (χ3n) is 5.24. The van der Waals surface area contributed by atoms with Crippen LogP contribution in [0.3, 0.4) is 0 Å². The Kier molecular flexibility index (Phi) is 6.48. The number of carbonyl (C=O) groups excluding carboxylic acids is 1. The van der Waals surface area contributed by atoms with Crippen molar-refractivity contribution in [3.63, 3.8) is 0 Å². The molecule has 1 saturated carbocycles. The van der Waals surface area contributed by atoms with Gasteiger partial charge in [-0.3, -0.25) is 9.59 Å². The molecule has 0 spiro atoms. The van der Waals surface area contributed by atoms with E-state index in [9.17, 15) is 9.59 Å². The number of nitrogens with one attached hydrogen (secondary N) is 1. The van der Waals surface area contributed by atoms with Gasteiger partial charge in [0.1, 0.15) is 11.7 Å². The number of likely N-dealkylation sites (tertiary alicyclic amines) is 1. The highest BCUT2D eigenvalue weighted by Gasteiger charge is 2.24. The summed E-state index contributed by atoms with van der Waals surface area (Å²) in [5.41, 5.74) is -0.317. The minimum atomic E-state index is -0.317. The molecule has 1 atom stereocenters. The van der Waals surface area contributed by atoms with Crippen molar-refractivity contribution in [2.24, 2.45) is 5.92 Å². The summed E-state index contributed by atoms with van der Waals surface area (Å²) in [6.07, 6.45) is 8.89. The van der Waals surface area contributed by atoms with Crippen LogP contribution in [0.1, 0.15) is 44.9 Å². The van der Waals surface area contributed by atoms with Gasteiger partial charge in [0.05, 0.1) is 0 Å². The summed E-state index contributed by atoms with van der Waals surface area (Å²) < 4.78 is 1.11. The number of rotatable bonds is 5. The number of nitrogens with zero attached hydrogens (tertiary/aromatic N) is 3. The zero-order chi connectivity index (χ0) is 17.6. The molecule has 7 heteroatoms. The van der Waals surface area contributed by atoms with Crippen molar-refractivity contribution in [3.8, 4) is 0 Å². The van der Waals surface area contributed by atoms with Crippen molar-refractivity contribution in [1.82, 2.24) is 20.0 Å². The Bertz CT molecular complexity index is 642. The third kappa shape index (κ3) is 5.54. The van der Waals surface area contributed by atoms with E-state index >= 15 is 0 Å². The van der Waals surface area contributed by atoms with Crippen LogP contribution >= 0.6 is 11.6 Å². The molecule has 3 rings (SSSR count). The first-order valence-corrected chi connectivity index (χ1v) is 9.73. The number of halogens is 1. The quantitative estimate of drug-likeness (QED) is 0.866. The van der Waals surface area contributed by atoms with E-state index < -0.39 is 0 Å². The first kappa shape index (κ1) is 18.4. The fraction of sp³-hybridized carbons (Fsp3) is 0.722. The van der Waals surface area contributed by atoms with Gasteiger partial charge < -0.3 is 10.2 Å². The van der Waals surface area contributed by atoms with Crippen molar-refractivity contribution in [1.29, 1.82) is 0 Å². The Labute approximate surface area is 153 Å². The maximum atomic E-state index is 12.3. The predicted octanol–water partition coefficient (Wildman–Crippen LogP) is 2.06. The molecule has 1 aliphatic heterocycles. The average molecular weight is 367 g/mol. The molecule has 0 unspecified atom stereocenters. The molecule has 1 N–H and O–H groups in total. The predicted molar refractivity (Wildman–Crippen MR) is 97.7 cm³/mol. The normalized spacial score (nSPS) is 22.7. The largest absolute Gasteiger partial charge is 0.350 e. The van der Waals surface area contributed by atoms with E-state index in [2.05, 4.69) is 15.3 Å². The van der Waals surface area contributed by atoms with Gasteiger partial charge in [-0.1, -0.05) is 30.9 Å². The summed E-state index contributed by atoms with van der Waals surface area (Å²) in [4.78, 5) is 26.5. The molecule has 2 fully saturated rings. The first-order chi connectivity index (χ1) is 12.1. The van der Waals surface area contributed by atoms with Gasteiger partial charge in [0.2, 0.25) is 5.91 Å². The summed E-state index contributed by atoms with van der Waals surface area (Å²) in [7, 11) is 0. The molecule has 0 bridgehead atoms. The SMILES string of the molecule is O=C(Cn1nc(Cl)ccc1=O)N[C@H]1CCCN(CC2CCCCC2)C1. The maximum absolute atomic E-state index is 12.3. The molecular formula is C18H27ClN4O2. The van der Waals surface area contributed by atoms with E-state index in [1.54, 1.807) is 0 Å². The monoisotopic (exact) mass is 366 g/mol. The van der Waals surface area contributed by atoms with E-state index in [0.29, 0.717) is 0 Å². The second-order valence-electron chi connectivity index (χ2n) is 7.32. The number of piperidine rings is 1. The van der Waals surface area contributed by atoms with Gasteiger partial charge >= 0.3 is 0 Å². The average Bonchev–Trinajstić information content (AvgIpc) is 2.59. The van der Waals surface area contributed by atoms with Gasteiger partial charge in [0.25, 0.3) is 5.56 Å². The van der Waals surface area contributed by atoms with E-state index in [1.165, 1.54) is 44.2 Å². The zero-order valence-electron chi connectivity index (χ0n) is 14.6. The molecule has 0 aromatic carbocycles. The van der Waals surface area contributed by atoms with Crippen molar-refractivity contribution in [3.05, 3.63) is 27.6 Å². The molecular weight excluding hydrogens is 340 g/mol. The number of aromatic nitrogens is 2. The summed E-state index contributed by atoms with van der Waals surface area (Å²) in [6, 6.07) is 2.91. The number of amides is 1. The van der Waals surface area contributed by atoms with Crippen LogP contribution in [0.5, 0.6) is 0 Å². The summed E-state index contributed by atoms with van der Waals surface area (Å²) >= 11 is 5.79. The van der Waals surface area contributed by atoms with E-state index in [0.717, 1.165) is 43.1 Å². The van der Waals surface area contributed by atoms with Crippen LogP contribution in [0, 0.1) is 5.92 Å². The van der Waals surface area contributed by atoms with Crippen molar-refractivity contribution >= 4 is 17.5 Å². The molecule has 1 aromatic rings. The number of hydrogen-bond donors (Lipinski definition) is 1. The van der Waals surface area contributed by atoms with Crippen LogP contribution in [0.15, 0.2) is 16.9 Å². The molecule has 6 nitrogen and oxygen atoms in total. The van der Waals surface area contributed by atoms with E-state index in [1.807, 2.05) is 0 Å². The Morgan fingerprint density at radius 3 is 2.80 bits per heavy atom. The van der Waals surface area contributed by atoms with Gasteiger partial charge in [-0.2, -0.15) is 5.10 Å². The molecule has 2 heterocycles. The Morgan fingerprint density at radius 2 is 2.00 bits per heavy atom. The van der Waals surface area contributed by atoms with Crippen molar-refractivity contribution < 1.29 is 4.79 Å². The Hall–Kier alpha value is -1.40. The fourth-order valence-corrected chi connectivity index (χ4v) is 4.17. The van der Waals surface area contributed by atoms with Gasteiger partial charge in [-0.15, -0.1) is 0 Å². The van der Waals surface area contributed by atoms with Gasteiger partial charge in [0.15, 0.2) is 0 Å². The van der Waals surface area contributed by atoms with E-state index in [-0.39, 0.29) is 29.2 Å². The van der Waals surface area contributed by atoms with Crippen molar-refractivity contribution in [2.75, 3.05) is 19.6 Å². The number of hydrogen-bond acceptors (Lipinski definition) is 4. The lowest BCUT2D eigenvalue weighted by Gasteiger charge is -2.36. The molecule has 1 aliphatic carbocycles. The highest BCUT2D eigenvalue weighted by Crippen LogP contribution is 2.25. The van der Waals surface area contributed by atoms with Crippen LogP contribution in [0.4, 0.5) is 0 Å². The number of carbonyl (C=O) groups is 1. The van der Waals surface area contributed by atoms with E-state index in [4.69, 9.17) is 11.6 Å². The van der Waals surface area contributed by atoms with Crippen molar-refractivity contribution in [2.45, 2.75) is 57.5 Å². The second kappa shape index (κ2) is 8.81. The fourth-order valence-electron chi connectivity index (χ4n) is 4.02. The lowest BCUT2D eigenvalue weighted by Crippen LogP contribution is -2.50. The molecule has 1 aromatic heterocycles. The lowest BCUT2D eigenvalue weighted by molar-refractivity contribution is -0.123. The van der Waals surface area contributed by atoms with Crippen LogP contribution in [0.25, 0.3) is 0 Å². The standard InChI is InChI=1S/C18H27ClN4O2/c19-16-8-9-18(25)23(21-16)13-17(24)20-15-7-4-10-22(12-15)11-14-5-2-1-3-6-14/h8-9,14-15H,1-7,10-13H2,(H,20,24)/t15-/m0/s1. The molecule has 25 heavy (non-hydrogen) atoms. The van der Waals surface area contributed by atoms with Gasteiger partial charge in [0, 0.05) is 25.2 Å². The molecule has 138 valence electrons. The summed E-state index contributed by atoms with van der Waals surface area (Å²) in [5, 5.41) is 7.17. The smallest absolute Gasteiger partial charge is 0.267 e. The highest BCUT2D eigenvalue weighted by molar-refractivity contribution is 6.29. The first-order valence-electron chi connectivity index (χ1n) is 9.35. The molecule has 1 saturated heterocycles. The molecule has 2 aliphatic rings. The lowest BCUT2D eigenvalue weighted by atomic mass is 9.88. The minimum Gasteiger partial charge on any atom is -0.350 e. The molecule has 0 radical (unpaired) electrons. The van der Waals surface area contributed by atoms with Crippen LogP contribution < -0.4 is 10.9 Å². The molecule has 1 amide bonds. The second-order valence-corrected chi connectivity index (χ2v) is 7.71. The third-order valence-corrected chi connectivity index (χ3v) is 5.44. The summed E-state index contributed by atoms with van der Waals surface area (Å²) in [5.74, 6) is 0.638. The van der Waals surface area contributed by atoms with Crippen LogP contribution in [-0.2, 0) is 11.3 Å². The van der Waals surface area contributed by atoms with Crippen LogP contribution in [0.2, 0.25) is 5.15 Å². The minimum absolute atomic E-state index is 0.0848. The maximum Gasteiger partial charge on any atom is 0.267 e. The Morgan fingerprint density at radius 1 is 1.20 bits per heavy atom. The topological polar surface area (TPSA) is 67.2 Å². The van der Waals surface area contributed by atoms with Gasteiger partial charge in [-0.25, -0.2) is 4.68 Å². The highest BCUT2D eigenvalue weighted by atomic mass is 35.5.